The summed E-state index contributed by atoms with van der Waals surface area (Å²) >= 11 is 0. The fourth-order valence-electron chi connectivity index (χ4n) is 1.98. The molecule has 0 saturated carbocycles. The van der Waals surface area contributed by atoms with Gasteiger partial charge >= 0.3 is 6.61 Å². The molecule has 0 aliphatic heterocycles. The van der Waals surface area contributed by atoms with Gasteiger partial charge in [0.25, 0.3) is 0 Å². The Morgan fingerprint density at radius 3 is 2.82 bits per heavy atom. The van der Waals surface area contributed by atoms with E-state index in [1.54, 1.807) is 30.6 Å². The molecular weight excluding hydrogens is 290 g/mol. The summed E-state index contributed by atoms with van der Waals surface area (Å²) in [5, 5.41) is 3.11. The Balaban J connectivity index is 1.70. The Bertz CT molecular complexity index is 782. The number of hydrogen-bond acceptors (Lipinski definition) is 5. The number of nitrogens with one attached hydrogen (secondary N) is 1. The number of alkyl halides is 2. The van der Waals surface area contributed by atoms with Crippen LogP contribution in [0.5, 0.6) is 5.75 Å². The van der Waals surface area contributed by atoms with Crippen molar-refractivity contribution in [3.8, 4) is 5.75 Å². The third-order valence-corrected chi connectivity index (χ3v) is 2.93. The molecular formula is C15H12F2N4O. The Labute approximate surface area is 125 Å². The summed E-state index contributed by atoms with van der Waals surface area (Å²) in [6.07, 6.45) is 3.18. The first kappa shape index (κ1) is 14.1. The van der Waals surface area contributed by atoms with Gasteiger partial charge in [-0.2, -0.15) is 8.78 Å². The SMILES string of the molecule is FC(F)Oc1cccc(CNc2ccc3nccnc3n2)c1. The average molecular weight is 302 g/mol. The van der Waals surface area contributed by atoms with E-state index in [-0.39, 0.29) is 5.75 Å². The lowest BCUT2D eigenvalue weighted by Crippen LogP contribution is -2.04. The van der Waals surface area contributed by atoms with Gasteiger partial charge in [-0.05, 0) is 29.8 Å². The highest BCUT2D eigenvalue weighted by molar-refractivity contribution is 5.71. The number of rotatable bonds is 5. The average Bonchev–Trinajstić information content (AvgIpc) is 2.52. The molecule has 7 heteroatoms. The quantitative estimate of drug-likeness (QED) is 0.784. The Kier molecular flexibility index (Phi) is 4.04. The lowest BCUT2D eigenvalue weighted by atomic mass is 10.2. The first-order chi connectivity index (χ1) is 10.7. The van der Waals surface area contributed by atoms with Crippen molar-refractivity contribution in [1.29, 1.82) is 0 Å². The molecule has 0 atom stereocenters. The topological polar surface area (TPSA) is 59.9 Å². The monoisotopic (exact) mass is 302 g/mol. The first-order valence-corrected chi connectivity index (χ1v) is 6.56. The summed E-state index contributed by atoms with van der Waals surface area (Å²) in [5.41, 5.74) is 2.06. The molecule has 3 rings (SSSR count). The third kappa shape index (κ3) is 3.43. The van der Waals surface area contributed by atoms with Crippen molar-refractivity contribution in [2.75, 3.05) is 5.32 Å². The van der Waals surface area contributed by atoms with Gasteiger partial charge in [0.2, 0.25) is 0 Å². The number of pyridine rings is 1. The Hall–Kier alpha value is -2.83. The predicted octanol–water partition coefficient (Wildman–Crippen LogP) is 3.24. The van der Waals surface area contributed by atoms with E-state index in [2.05, 4.69) is 25.0 Å². The van der Waals surface area contributed by atoms with Gasteiger partial charge in [0.15, 0.2) is 5.65 Å². The van der Waals surface area contributed by atoms with Crippen LogP contribution in [0.15, 0.2) is 48.8 Å². The van der Waals surface area contributed by atoms with Gasteiger partial charge in [-0.15, -0.1) is 0 Å². The maximum Gasteiger partial charge on any atom is 0.387 e. The molecule has 0 unspecified atom stereocenters. The fraction of sp³-hybridized carbons (Fsp3) is 0.133. The van der Waals surface area contributed by atoms with Crippen LogP contribution in [0, 0.1) is 0 Å². The molecule has 0 saturated heterocycles. The van der Waals surface area contributed by atoms with Crippen molar-refractivity contribution in [1.82, 2.24) is 15.0 Å². The second kappa shape index (κ2) is 6.30. The number of anilines is 1. The van der Waals surface area contributed by atoms with Crippen molar-refractivity contribution >= 4 is 17.0 Å². The van der Waals surface area contributed by atoms with E-state index in [1.165, 1.54) is 6.07 Å². The number of aromatic nitrogens is 3. The van der Waals surface area contributed by atoms with E-state index in [1.807, 2.05) is 12.1 Å². The number of fused-ring (bicyclic) bond motifs is 1. The summed E-state index contributed by atoms with van der Waals surface area (Å²) in [6, 6.07) is 10.1. The molecule has 5 nitrogen and oxygen atoms in total. The lowest BCUT2D eigenvalue weighted by Gasteiger charge is -2.08. The second-order valence-electron chi connectivity index (χ2n) is 4.48. The van der Waals surface area contributed by atoms with Gasteiger partial charge < -0.3 is 10.1 Å². The summed E-state index contributed by atoms with van der Waals surface area (Å²) in [7, 11) is 0. The van der Waals surface area contributed by atoms with Crippen molar-refractivity contribution in [2.45, 2.75) is 13.2 Å². The van der Waals surface area contributed by atoms with Crippen molar-refractivity contribution in [2.24, 2.45) is 0 Å². The normalized spacial score (nSPS) is 10.9. The van der Waals surface area contributed by atoms with Crippen molar-refractivity contribution in [3.63, 3.8) is 0 Å². The molecule has 1 aromatic carbocycles. The minimum absolute atomic E-state index is 0.131. The van der Waals surface area contributed by atoms with Crippen LogP contribution in [0.2, 0.25) is 0 Å². The number of ether oxygens (including phenoxy) is 1. The molecule has 2 aromatic heterocycles. The molecule has 1 N–H and O–H groups in total. The summed E-state index contributed by atoms with van der Waals surface area (Å²) < 4.78 is 28.8. The van der Waals surface area contributed by atoms with Gasteiger partial charge in [-0.3, -0.25) is 4.98 Å². The fourth-order valence-corrected chi connectivity index (χ4v) is 1.98. The molecule has 0 aliphatic carbocycles. The van der Waals surface area contributed by atoms with E-state index in [4.69, 9.17) is 0 Å². The van der Waals surface area contributed by atoms with Crippen LogP contribution in [-0.2, 0) is 6.54 Å². The van der Waals surface area contributed by atoms with Crippen LogP contribution in [0.25, 0.3) is 11.2 Å². The van der Waals surface area contributed by atoms with Crippen LogP contribution < -0.4 is 10.1 Å². The molecule has 0 radical (unpaired) electrons. The van der Waals surface area contributed by atoms with E-state index < -0.39 is 6.61 Å². The second-order valence-corrected chi connectivity index (χ2v) is 4.48. The van der Waals surface area contributed by atoms with Crippen LogP contribution in [0.4, 0.5) is 14.6 Å². The van der Waals surface area contributed by atoms with Gasteiger partial charge in [0.1, 0.15) is 17.1 Å². The summed E-state index contributed by atoms with van der Waals surface area (Å²) in [4.78, 5) is 12.6. The smallest absolute Gasteiger partial charge is 0.387 e. The zero-order chi connectivity index (χ0) is 15.4. The standard InChI is InChI=1S/C15H12F2N4O/c16-15(17)22-11-3-1-2-10(8-11)9-20-13-5-4-12-14(21-13)19-7-6-18-12/h1-8,15H,9H2,(H,19,20,21). The van der Waals surface area contributed by atoms with Gasteiger partial charge in [-0.25, -0.2) is 9.97 Å². The molecule has 0 aliphatic rings. The highest BCUT2D eigenvalue weighted by atomic mass is 19.3. The maximum atomic E-state index is 12.2. The Morgan fingerprint density at radius 1 is 1.09 bits per heavy atom. The molecule has 3 aromatic rings. The largest absolute Gasteiger partial charge is 0.435 e. The molecule has 112 valence electrons. The summed E-state index contributed by atoms with van der Waals surface area (Å²) in [5.74, 6) is 0.764. The van der Waals surface area contributed by atoms with E-state index in [9.17, 15) is 8.78 Å². The van der Waals surface area contributed by atoms with Gasteiger partial charge in [0.05, 0.1) is 0 Å². The lowest BCUT2D eigenvalue weighted by molar-refractivity contribution is -0.0498. The van der Waals surface area contributed by atoms with E-state index in [0.717, 1.165) is 5.56 Å². The predicted molar refractivity (Wildman–Crippen MR) is 77.7 cm³/mol. The number of hydrogen-bond donors (Lipinski definition) is 1. The zero-order valence-electron chi connectivity index (χ0n) is 11.4. The first-order valence-electron chi connectivity index (χ1n) is 6.56. The zero-order valence-corrected chi connectivity index (χ0v) is 11.4. The van der Waals surface area contributed by atoms with E-state index in [0.29, 0.717) is 23.5 Å². The van der Waals surface area contributed by atoms with Crippen LogP contribution in [0.3, 0.4) is 0 Å². The number of benzene rings is 1. The maximum absolute atomic E-state index is 12.2. The van der Waals surface area contributed by atoms with Crippen LogP contribution >= 0.6 is 0 Å². The number of nitrogens with zero attached hydrogens (tertiary/aromatic N) is 3. The molecule has 22 heavy (non-hydrogen) atoms. The third-order valence-electron chi connectivity index (χ3n) is 2.93. The minimum atomic E-state index is -2.83. The molecule has 0 spiro atoms. The highest BCUT2D eigenvalue weighted by Crippen LogP contribution is 2.17. The van der Waals surface area contributed by atoms with Gasteiger partial charge in [-0.1, -0.05) is 12.1 Å². The van der Waals surface area contributed by atoms with E-state index >= 15 is 0 Å². The number of halogens is 2. The van der Waals surface area contributed by atoms with Gasteiger partial charge in [0, 0.05) is 18.9 Å². The molecule has 0 amide bonds. The molecule has 2 heterocycles. The molecule has 0 bridgehead atoms. The van der Waals surface area contributed by atoms with Crippen LogP contribution in [-0.4, -0.2) is 21.6 Å². The molecule has 0 fully saturated rings. The van der Waals surface area contributed by atoms with Crippen molar-refractivity contribution in [3.05, 3.63) is 54.4 Å². The summed E-state index contributed by atoms with van der Waals surface area (Å²) in [6.45, 7) is -2.40. The minimum Gasteiger partial charge on any atom is -0.435 e. The Morgan fingerprint density at radius 2 is 1.95 bits per heavy atom. The van der Waals surface area contributed by atoms with Crippen molar-refractivity contribution < 1.29 is 13.5 Å². The van der Waals surface area contributed by atoms with Crippen LogP contribution in [0.1, 0.15) is 5.56 Å². The highest BCUT2D eigenvalue weighted by Gasteiger charge is 2.05.